The molecular weight excluding hydrogens is 192 g/mol. The topological polar surface area (TPSA) is 40.6 Å². The van der Waals surface area contributed by atoms with Crippen LogP contribution in [0, 0.1) is 0 Å². The van der Waals surface area contributed by atoms with Crippen LogP contribution >= 0.6 is 0 Å². The predicted molar refractivity (Wildman–Crippen MR) is 60.5 cm³/mol. The van der Waals surface area contributed by atoms with Gasteiger partial charge in [0.25, 0.3) is 0 Å². The number of hydrogen-bond acceptors (Lipinski definition) is 2. The SMILES string of the molecule is CCCCN(C)C(=O)C(=O)N(C)C(C)C. The Morgan fingerprint density at radius 2 is 1.67 bits per heavy atom. The molecule has 0 aliphatic rings. The number of hydrogen-bond donors (Lipinski definition) is 0. The molecular formula is C11H22N2O2. The molecule has 0 rings (SSSR count). The molecule has 0 fully saturated rings. The average molecular weight is 214 g/mol. The number of likely N-dealkylation sites (N-methyl/N-ethyl adjacent to an activating group) is 2. The van der Waals surface area contributed by atoms with Gasteiger partial charge in [0.1, 0.15) is 0 Å². The maximum atomic E-state index is 11.6. The van der Waals surface area contributed by atoms with Crippen LogP contribution in [-0.2, 0) is 9.59 Å². The van der Waals surface area contributed by atoms with Gasteiger partial charge in [-0.25, -0.2) is 0 Å². The molecule has 0 atom stereocenters. The number of carbonyl (C=O) groups is 2. The van der Waals surface area contributed by atoms with Crippen LogP contribution in [0.1, 0.15) is 33.6 Å². The van der Waals surface area contributed by atoms with E-state index >= 15 is 0 Å². The Labute approximate surface area is 92.2 Å². The van der Waals surface area contributed by atoms with Crippen molar-refractivity contribution in [1.29, 1.82) is 0 Å². The van der Waals surface area contributed by atoms with Crippen molar-refractivity contribution in [2.45, 2.75) is 39.7 Å². The van der Waals surface area contributed by atoms with Crippen molar-refractivity contribution in [2.24, 2.45) is 0 Å². The van der Waals surface area contributed by atoms with E-state index in [-0.39, 0.29) is 6.04 Å². The minimum Gasteiger partial charge on any atom is -0.338 e. The number of nitrogens with zero attached hydrogens (tertiary/aromatic N) is 2. The lowest BCUT2D eigenvalue weighted by Crippen LogP contribution is -2.44. The summed E-state index contributed by atoms with van der Waals surface area (Å²) in [7, 11) is 3.32. The lowest BCUT2D eigenvalue weighted by atomic mass is 10.3. The van der Waals surface area contributed by atoms with Gasteiger partial charge in [-0.1, -0.05) is 13.3 Å². The fraction of sp³-hybridized carbons (Fsp3) is 0.818. The van der Waals surface area contributed by atoms with E-state index < -0.39 is 11.8 Å². The lowest BCUT2D eigenvalue weighted by Gasteiger charge is -2.24. The van der Waals surface area contributed by atoms with Gasteiger partial charge in [-0.2, -0.15) is 0 Å². The van der Waals surface area contributed by atoms with Crippen LogP contribution in [-0.4, -0.2) is 48.3 Å². The highest BCUT2D eigenvalue weighted by Gasteiger charge is 2.23. The summed E-state index contributed by atoms with van der Waals surface area (Å²) in [6.07, 6.45) is 1.95. The molecule has 0 saturated heterocycles. The predicted octanol–water partition coefficient (Wildman–Crippen LogP) is 1.11. The molecule has 2 amide bonds. The van der Waals surface area contributed by atoms with Crippen molar-refractivity contribution in [3.8, 4) is 0 Å². The van der Waals surface area contributed by atoms with E-state index in [1.807, 2.05) is 13.8 Å². The van der Waals surface area contributed by atoms with Crippen molar-refractivity contribution in [3.05, 3.63) is 0 Å². The summed E-state index contributed by atoms with van der Waals surface area (Å²) in [4.78, 5) is 26.2. The zero-order chi connectivity index (χ0) is 12.0. The van der Waals surface area contributed by atoms with E-state index in [9.17, 15) is 9.59 Å². The number of carbonyl (C=O) groups excluding carboxylic acids is 2. The first-order valence-corrected chi connectivity index (χ1v) is 5.44. The number of rotatable bonds is 4. The maximum Gasteiger partial charge on any atom is 0.312 e. The van der Waals surface area contributed by atoms with E-state index in [0.29, 0.717) is 6.54 Å². The molecule has 0 radical (unpaired) electrons. The first kappa shape index (κ1) is 13.9. The minimum atomic E-state index is -0.427. The molecule has 0 heterocycles. The van der Waals surface area contributed by atoms with Gasteiger partial charge in [-0.3, -0.25) is 9.59 Å². The second-order valence-electron chi connectivity index (χ2n) is 4.09. The molecule has 0 aromatic rings. The molecule has 0 aliphatic heterocycles. The molecule has 4 heteroatoms. The fourth-order valence-electron chi connectivity index (χ4n) is 1.05. The Balaban J connectivity index is 4.25. The number of amides is 2. The van der Waals surface area contributed by atoms with E-state index in [1.165, 1.54) is 9.80 Å². The highest BCUT2D eigenvalue weighted by atomic mass is 16.2. The number of unbranched alkanes of at least 4 members (excludes halogenated alkanes) is 1. The third kappa shape index (κ3) is 4.32. The first-order chi connectivity index (χ1) is 6.91. The quantitative estimate of drug-likeness (QED) is 0.658. The minimum absolute atomic E-state index is 0.0565. The Morgan fingerprint density at radius 3 is 2.07 bits per heavy atom. The molecule has 0 N–H and O–H groups in total. The highest BCUT2D eigenvalue weighted by molar-refractivity contribution is 6.34. The first-order valence-electron chi connectivity index (χ1n) is 5.44. The third-order valence-electron chi connectivity index (χ3n) is 2.47. The summed E-state index contributed by atoms with van der Waals surface area (Å²) in [5.74, 6) is -0.844. The lowest BCUT2D eigenvalue weighted by molar-refractivity contribution is -0.151. The molecule has 0 bridgehead atoms. The molecule has 0 aliphatic carbocycles. The molecule has 0 aromatic heterocycles. The van der Waals surface area contributed by atoms with E-state index in [1.54, 1.807) is 14.1 Å². The van der Waals surface area contributed by atoms with E-state index in [2.05, 4.69) is 6.92 Å². The summed E-state index contributed by atoms with van der Waals surface area (Å²) in [5, 5.41) is 0. The smallest absolute Gasteiger partial charge is 0.312 e. The average Bonchev–Trinajstić information content (AvgIpc) is 2.22. The van der Waals surface area contributed by atoms with Gasteiger partial charge in [0.2, 0.25) is 0 Å². The van der Waals surface area contributed by atoms with Crippen LogP contribution in [0.3, 0.4) is 0 Å². The van der Waals surface area contributed by atoms with Crippen molar-refractivity contribution in [1.82, 2.24) is 9.80 Å². The Morgan fingerprint density at radius 1 is 1.13 bits per heavy atom. The van der Waals surface area contributed by atoms with Gasteiger partial charge < -0.3 is 9.80 Å². The van der Waals surface area contributed by atoms with Gasteiger partial charge in [0.05, 0.1) is 0 Å². The van der Waals surface area contributed by atoms with Crippen LogP contribution in [0.5, 0.6) is 0 Å². The van der Waals surface area contributed by atoms with Gasteiger partial charge in [0, 0.05) is 26.7 Å². The summed E-state index contributed by atoms with van der Waals surface area (Å²) in [6, 6.07) is 0.0565. The zero-order valence-corrected chi connectivity index (χ0v) is 10.4. The summed E-state index contributed by atoms with van der Waals surface area (Å²) in [6.45, 7) is 6.47. The van der Waals surface area contributed by atoms with E-state index in [4.69, 9.17) is 0 Å². The molecule has 4 nitrogen and oxygen atoms in total. The standard InChI is InChI=1S/C11H22N2O2/c1-6-7-8-12(4)10(14)11(15)13(5)9(2)3/h9H,6-8H2,1-5H3. The van der Waals surface area contributed by atoms with Crippen LogP contribution in [0.4, 0.5) is 0 Å². The molecule has 0 aromatic carbocycles. The van der Waals surface area contributed by atoms with Crippen LogP contribution in [0.25, 0.3) is 0 Å². The monoisotopic (exact) mass is 214 g/mol. The highest BCUT2D eigenvalue weighted by Crippen LogP contribution is 1.99. The second kappa shape index (κ2) is 6.43. The fourth-order valence-corrected chi connectivity index (χ4v) is 1.05. The molecule has 0 spiro atoms. The van der Waals surface area contributed by atoms with E-state index in [0.717, 1.165) is 12.8 Å². The molecule has 15 heavy (non-hydrogen) atoms. The summed E-state index contributed by atoms with van der Waals surface area (Å²) >= 11 is 0. The molecule has 0 unspecified atom stereocenters. The van der Waals surface area contributed by atoms with Gasteiger partial charge in [-0.15, -0.1) is 0 Å². The zero-order valence-electron chi connectivity index (χ0n) is 10.4. The van der Waals surface area contributed by atoms with Crippen molar-refractivity contribution in [3.63, 3.8) is 0 Å². The van der Waals surface area contributed by atoms with Crippen LogP contribution in [0.15, 0.2) is 0 Å². The van der Waals surface area contributed by atoms with Crippen LogP contribution in [0.2, 0.25) is 0 Å². The second-order valence-corrected chi connectivity index (χ2v) is 4.09. The van der Waals surface area contributed by atoms with Crippen molar-refractivity contribution < 1.29 is 9.59 Å². The van der Waals surface area contributed by atoms with Gasteiger partial charge >= 0.3 is 11.8 Å². The largest absolute Gasteiger partial charge is 0.338 e. The summed E-state index contributed by atoms with van der Waals surface area (Å²) in [5.41, 5.74) is 0. The molecule has 88 valence electrons. The third-order valence-corrected chi connectivity index (χ3v) is 2.47. The molecule has 0 saturated carbocycles. The summed E-state index contributed by atoms with van der Waals surface area (Å²) < 4.78 is 0. The van der Waals surface area contributed by atoms with Crippen LogP contribution < -0.4 is 0 Å². The Kier molecular flexibility index (Phi) is 5.97. The van der Waals surface area contributed by atoms with Crippen molar-refractivity contribution >= 4 is 11.8 Å². The maximum absolute atomic E-state index is 11.6. The Bertz CT molecular complexity index is 227. The Hall–Kier alpha value is -1.06. The van der Waals surface area contributed by atoms with Crippen molar-refractivity contribution in [2.75, 3.05) is 20.6 Å². The normalized spacial score (nSPS) is 10.3. The van der Waals surface area contributed by atoms with Gasteiger partial charge in [0.15, 0.2) is 0 Å². The van der Waals surface area contributed by atoms with Gasteiger partial charge in [-0.05, 0) is 20.3 Å².